The van der Waals surface area contributed by atoms with E-state index in [1.807, 2.05) is 4.68 Å². The Labute approximate surface area is 121 Å². The smallest absolute Gasteiger partial charge is 0.151 e. The fourth-order valence-corrected chi connectivity index (χ4v) is 3.50. The molecule has 1 aromatic rings. The molecule has 2 atom stereocenters. The van der Waals surface area contributed by atoms with Crippen LogP contribution in [-0.2, 0) is 12.8 Å². The minimum atomic E-state index is 0.149. The Morgan fingerprint density at radius 3 is 2.90 bits per heavy atom. The van der Waals surface area contributed by atoms with Gasteiger partial charge in [0.15, 0.2) is 5.82 Å². The SMILES string of the molecule is CC(C)N1CCC(Cc2nc3n(n2)C(CO)CCC3)C1. The summed E-state index contributed by atoms with van der Waals surface area (Å²) in [6.07, 6.45) is 5.39. The summed E-state index contributed by atoms with van der Waals surface area (Å²) in [6.45, 7) is 7.09. The number of hydrogen-bond donors (Lipinski definition) is 1. The Morgan fingerprint density at radius 1 is 1.35 bits per heavy atom. The van der Waals surface area contributed by atoms with Crippen molar-refractivity contribution < 1.29 is 5.11 Å². The van der Waals surface area contributed by atoms with Crippen LogP contribution in [0.4, 0.5) is 0 Å². The maximum atomic E-state index is 9.43. The fraction of sp³-hybridized carbons (Fsp3) is 0.867. The van der Waals surface area contributed by atoms with Gasteiger partial charge in [-0.2, -0.15) is 5.10 Å². The Hall–Kier alpha value is -0.940. The predicted octanol–water partition coefficient (Wildman–Crippen LogP) is 1.42. The zero-order valence-corrected chi connectivity index (χ0v) is 12.6. The van der Waals surface area contributed by atoms with Gasteiger partial charge in [-0.25, -0.2) is 9.67 Å². The Morgan fingerprint density at radius 2 is 2.20 bits per heavy atom. The second kappa shape index (κ2) is 5.82. The van der Waals surface area contributed by atoms with Crippen molar-refractivity contribution in [1.82, 2.24) is 19.7 Å². The summed E-state index contributed by atoms with van der Waals surface area (Å²) < 4.78 is 1.98. The molecule has 112 valence electrons. The second-order valence-corrected chi connectivity index (χ2v) is 6.56. The lowest BCUT2D eigenvalue weighted by atomic mass is 10.0. The van der Waals surface area contributed by atoms with Gasteiger partial charge < -0.3 is 10.0 Å². The minimum Gasteiger partial charge on any atom is -0.394 e. The van der Waals surface area contributed by atoms with Crippen molar-refractivity contribution in [2.24, 2.45) is 5.92 Å². The van der Waals surface area contributed by atoms with Crippen molar-refractivity contribution >= 4 is 0 Å². The fourth-order valence-electron chi connectivity index (χ4n) is 3.50. The highest BCUT2D eigenvalue weighted by Crippen LogP contribution is 2.25. The van der Waals surface area contributed by atoms with Crippen LogP contribution in [0.15, 0.2) is 0 Å². The monoisotopic (exact) mass is 278 g/mol. The van der Waals surface area contributed by atoms with E-state index in [4.69, 9.17) is 4.98 Å². The molecule has 0 aromatic carbocycles. The van der Waals surface area contributed by atoms with E-state index in [1.54, 1.807) is 0 Å². The van der Waals surface area contributed by atoms with Crippen LogP contribution in [0, 0.1) is 5.92 Å². The van der Waals surface area contributed by atoms with E-state index in [9.17, 15) is 5.11 Å². The molecule has 0 spiro atoms. The van der Waals surface area contributed by atoms with Gasteiger partial charge in [-0.15, -0.1) is 0 Å². The zero-order chi connectivity index (χ0) is 14.1. The van der Waals surface area contributed by atoms with Crippen molar-refractivity contribution in [2.75, 3.05) is 19.7 Å². The normalized spacial score (nSPS) is 27.2. The van der Waals surface area contributed by atoms with Crippen molar-refractivity contribution in [3.05, 3.63) is 11.6 Å². The van der Waals surface area contributed by atoms with Gasteiger partial charge in [0.05, 0.1) is 12.6 Å². The van der Waals surface area contributed by atoms with Gasteiger partial charge in [-0.1, -0.05) is 0 Å². The summed E-state index contributed by atoms with van der Waals surface area (Å²) >= 11 is 0. The molecular formula is C15H26N4O. The van der Waals surface area contributed by atoms with Crippen molar-refractivity contribution in [1.29, 1.82) is 0 Å². The quantitative estimate of drug-likeness (QED) is 0.905. The van der Waals surface area contributed by atoms with Gasteiger partial charge in [0.25, 0.3) is 0 Å². The maximum Gasteiger partial charge on any atom is 0.151 e. The molecule has 1 aromatic heterocycles. The predicted molar refractivity (Wildman–Crippen MR) is 77.6 cm³/mol. The van der Waals surface area contributed by atoms with Crippen LogP contribution in [0.5, 0.6) is 0 Å². The zero-order valence-electron chi connectivity index (χ0n) is 12.6. The van der Waals surface area contributed by atoms with Crippen LogP contribution < -0.4 is 0 Å². The molecule has 0 radical (unpaired) electrons. The summed E-state index contributed by atoms with van der Waals surface area (Å²) in [5, 5.41) is 14.1. The topological polar surface area (TPSA) is 54.2 Å². The van der Waals surface area contributed by atoms with Gasteiger partial charge in [-0.3, -0.25) is 0 Å². The first-order valence-electron chi connectivity index (χ1n) is 7.96. The number of rotatable bonds is 4. The van der Waals surface area contributed by atoms with Crippen molar-refractivity contribution in [3.63, 3.8) is 0 Å². The van der Waals surface area contributed by atoms with E-state index in [1.165, 1.54) is 19.5 Å². The lowest BCUT2D eigenvalue weighted by Gasteiger charge is -2.21. The van der Waals surface area contributed by atoms with Crippen LogP contribution in [-0.4, -0.2) is 50.5 Å². The third-order valence-electron chi connectivity index (χ3n) is 4.76. The highest BCUT2D eigenvalue weighted by atomic mass is 16.3. The number of likely N-dealkylation sites (tertiary alicyclic amines) is 1. The van der Waals surface area contributed by atoms with Gasteiger partial charge >= 0.3 is 0 Å². The highest BCUT2D eigenvalue weighted by molar-refractivity contribution is 5.00. The van der Waals surface area contributed by atoms with Crippen LogP contribution in [0.1, 0.15) is 50.8 Å². The van der Waals surface area contributed by atoms with Gasteiger partial charge in [-0.05, 0) is 45.6 Å². The van der Waals surface area contributed by atoms with Crippen LogP contribution in [0.2, 0.25) is 0 Å². The third-order valence-corrected chi connectivity index (χ3v) is 4.76. The molecule has 5 heteroatoms. The first-order chi connectivity index (χ1) is 9.67. The molecule has 2 aliphatic heterocycles. The molecule has 1 saturated heterocycles. The molecule has 2 aliphatic rings. The number of aromatic nitrogens is 3. The largest absolute Gasteiger partial charge is 0.394 e. The highest BCUT2D eigenvalue weighted by Gasteiger charge is 2.27. The number of hydrogen-bond acceptors (Lipinski definition) is 4. The lowest BCUT2D eigenvalue weighted by Crippen LogP contribution is -2.28. The van der Waals surface area contributed by atoms with Crippen molar-refractivity contribution in [2.45, 2.75) is 58.0 Å². The number of fused-ring (bicyclic) bond motifs is 1. The molecule has 20 heavy (non-hydrogen) atoms. The van der Waals surface area contributed by atoms with E-state index in [-0.39, 0.29) is 12.6 Å². The number of aryl methyl sites for hydroxylation is 1. The molecule has 0 aliphatic carbocycles. The second-order valence-electron chi connectivity index (χ2n) is 6.56. The molecule has 2 unspecified atom stereocenters. The lowest BCUT2D eigenvalue weighted by molar-refractivity contribution is 0.194. The minimum absolute atomic E-state index is 0.149. The standard InChI is InChI=1S/C15H26N4O/c1-11(2)18-7-6-12(9-18)8-14-16-15-5-3-4-13(10-20)19(15)17-14/h11-13,20H,3-10H2,1-2H3. The molecule has 5 nitrogen and oxygen atoms in total. The summed E-state index contributed by atoms with van der Waals surface area (Å²) in [6, 6.07) is 0.790. The molecule has 1 N–H and O–H groups in total. The van der Waals surface area contributed by atoms with Crippen LogP contribution in [0.25, 0.3) is 0 Å². The average molecular weight is 278 g/mol. The van der Waals surface area contributed by atoms with E-state index in [2.05, 4.69) is 23.8 Å². The summed E-state index contributed by atoms with van der Waals surface area (Å²) in [4.78, 5) is 7.24. The average Bonchev–Trinajstić information content (AvgIpc) is 3.04. The Balaban J connectivity index is 1.66. The molecule has 3 rings (SSSR count). The van der Waals surface area contributed by atoms with Crippen LogP contribution in [0.3, 0.4) is 0 Å². The molecule has 0 saturated carbocycles. The van der Waals surface area contributed by atoms with E-state index >= 15 is 0 Å². The van der Waals surface area contributed by atoms with Crippen LogP contribution >= 0.6 is 0 Å². The van der Waals surface area contributed by atoms with E-state index < -0.39 is 0 Å². The van der Waals surface area contributed by atoms with Gasteiger partial charge in [0.2, 0.25) is 0 Å². The molecule has 0 bridgehead atoms. The van der Waals surface area contributed by atoms with Gasteiger partial charge in [0, 0.05) is 25.4 Å². The Kier molecular flexibility index (Phi) is 4.08. The molecule has 0 amide bonds. The summed E-state index contributed by atoms with van der Waals surface area (Å²) in [5.74, 6) is 2.74. The number of aliphatic hydroxyl groups is 1. The number of nitrogens with zero attached hydrogens (tertiary/aromatic N) is 4. The van der Waals surface area contributed by atoms with E-state index in [0.29, 0.717) is 12.0 Å². The summed E-state index contributed by atoms with van der Waals surface area (Å²) in [5.41, 5.74) is 0. The Bertz CT molecular complexity index is 457. The first kappa shape index (κ1) is 14.0. The summed E-state index contributed by atoms with van der Waals surface area (Å²) in [7, 11) is 0. The third kappa shape index (κ3) is 2.74. The first-order valence-corrected chi connectivity index (χ1v) is 7.96. The molecule has 1 fully saturated rings. The van der Waals surface area contributed by atoms with Gasteiger partial charge in [0.1, 0.15) is 5.82 Å². The number of aliphatic hydroxyl groups excluding tert-OH is 1. The molecular weight excluding hydrogens is 252 g/mol. The maximum absolute atomic E-state index is 9.43. The van der Waals surface area contributed by atoms with Crippen molar-refractivity contribution in [3.8, 4) is 0 Å². The molecule has 3 heterocycles. The van der Waals surface area contributed by atoms with E-state index in [0.717, 1.165) is 37.3 Å².